The zero-order valence-corrected chi connectivity index (χ0v) is 11.9. The lowest BCUT2D eigenvalue weighted by atomic mass is 10.1. The van der Waals surface area contributed by atoms with Crippen molar-refractivity contribution >= 4 is 11.4 Å². The fraction of sp³-hybridized carbons (Fsp3) is 0.467. The van der Waals surface area contributed by atoms with E-state index in [4.69, 9.17) is 0 Å². The SMILES string of the molecule is C=C1N(C)c2ccccc2N1C(C)(C)C.CC. The van der Waals surface area contributed by atoms with Gasteiger partial charge in [0.05, 0.1) is 11.4 Å². The van der Waals surface area contributed by atoms with Crippen molar-refractivity contribution in [3.8, 4) is 0 Å². The molecule has 0 saturated heterocycles. The summed E-state index contributed by atoms with van der Waals surface area (Å²) < 4.78 is 0. The van der Waals surface area contributed by atoms with E-state index in [0.29, 0.717) is 0 Å². The van der Waals surface area contributed by atoms with Gasteiger partial charge >= 0.3 is 0 Å². The molecule has 17 heavy (non-hydrogen) atoms. The van der Waals surface area contributed by atoms with E-state index < -0.39 is 0 Å². The van der Waals surface area contributed by atoms with Gasteiger partial charge in [-0.1, -0.05) is 32.6 Å². The van der Waals surface area contributed by atoms with Gasteiger partial charge in [-0.2, -0.15) is 0 Å². The lowest BCUT2D eigenvalue weighted by Gasteiger charge is -2.35. The predicted octanol–water partition coefficient (Wildman–Crippen LogP) is 4.24. The Labute approximate surface area is 106 Å². The van der Waals surface area contributed by atoms with Gasteiger partial charge in [0, 0.05) is 12.6 Å². The third-order valence-electron chi connectivity index (χ3n) is 2.80. The molecule has 0 saturated carbocycles. The van der Waals surface area contributed by atoms with Crippen molar-refractivity contribution in [1.82, 2.24) is 0 Å². The van der Waals surface area contributed by atoms with Gasteiger partial charge in [0.25, 0.3) is 0 Å². The van der Waals surface area contributed by atoms with E-state index in [2.05, 4.69) is 68.5 Å². The third-order valence-corrected chi connectivity index (χ3v) is 2.80. The van der Waals surface area contributed by atoms with Crippen LogP contribution < -0.4 is 9.80 Å². The van der Waals surface area contributed by atoms with Gasteiger partial charge in [0.2, 0.25) is 0 Å². The van der Waals surface area contributed by atoms with Crippen molar-refractivity contribution in [1.29, 1.82) is 0 Å². The summed E-state index contributed by atoms with van der Waals surface area (Å²) in [4.78, 5) is 4.42. The second kappa shape index (κ2) is 4.82. The zero-order chi connectivity index (χ0) is 13.2. The molecule has 0 atom stereocenters. The minimum Gasteiger partial charge on any atom is -0.330 e. The summed E-state index contributed by atoms with van der Waals surface area (Å²) in [5.41, 5.74) is 2.55. The number of benzene rings is 1. The van der Waals surface area contributed by atoms with Crippen LogP contribution in [-0.4, -0.2) is 12.6 Å². The first kappa shape index (κ1) is 13.6. The van der Waals surface area contributed by atoms with Crippen LogP contribution in [0.5, 0.6) is 0 Å². The van der Waals surface area contributed by atoms with Crippen LogP contribution in [-0.2, 0) is 0 Å². The molecular weight excluding hydrogens is 208 g/mol. The van der Waals surface area contributed by atoms with E-state index in [0.717, 1.165) is 5.82 Å². The Morgan fingerprint density at radius 1 is 1.00 bits per heavy atom. The smallest absolute Gasteiger partial charge is 0.106 e. The van der Waals surface area contributed by atoms with Crippen molar-refractivity contribution in [3.63, 3.8) is 0 Å². The summed E-state index contributed by atoms with van der Waals surface area (Å²) >= 11 is 0. The minimum atomic E-state index is 0.0674. The molecule has 2 nitrogen and oxygen atoms in total. The van der Waals surface area contributed by atoms with Crippen LogP contribution in [0.4, 0.5) is 11.4 Å². The van der Waals surface area contributed by atoms with E-state index >= 15 is 0 Å². The maximum absolute atomic E-state index is 4.15. The Balaban J connectivity index is 0.000000686. The maximum atomic E-state index is 4.15. The highest BCUT2D eigenvalue weighted by atomic mass is 15.4. The monoisotopic (exact) mass is 232 g/mol. The number of hydrogen-bond donors (Lipinski definition) is 0. The van der Waals surface area contributed by atoms with Gasteiger partial charge in [0.1, 0.15) is 5.82 Å². The molecule has 1 aromatic rings. The summed E-state index contributed by atoms with van der Waals surface area (Å²) in [5, 5.41) is 0. The fourth-order valence-electron chi connectivity index (χ4n) is 2.11. The lowest BCUT2D eigenvalue weighted by Crippen LogP contribution is -2.40. The maximum Gasteiger partial charge on any atom is 0.106 e. The average Bonchev–Trinajstić information content (AvgIpc) is 2.54. The first-order valence-corrected chi connectivity index (χ1v) is 6.25. The molecule has 1 aliphatic rings. The number of hydrogen-bond acceptors (Lipinski definition) is 2. The molecule has 0 fully saturated rings. The Kier molecular flexibility index (Phi) is 3.87. The van der Waals surface area contributed by atoms with Gasteiger partial charge in [-0.15, -0.1) is 0 Å². The zero-order valence-electron chi connectivity index (χ0n) is 11.9. The summed E-state index contributed by atoms with van der Waals surface area (Å²) in [7, 11) is 2.06. The van der Waals surface area contributed by atoms with Crippen LogP contribution in [0.2, 0.25) is 0 Å². The number of para-hydroxylation sites is 2. The van der Waals surface area contributed by atoms with Gasteiger partial charge in [0.15, 0.2) is 0 Å². The molecule has 0 unspecified atom stereocenters. The van der Waals surface area contributed by atoms with Crippen LogP contribution in [0.25, 0.3) is 0 Å². The van der Waals surface area contributed by atoms with Crippen molar-refractivity contribution in [2.45, 2.75) is 40.2 Å². The largest absolute Gasteiger partial charge is 0.330 e. The van der Waals surface area contributed by atoms with Crippen LogP contribution in [0.1, 0.15) is 34.6 Å². The highest BCUT2D eigenvalue weighted by molar-refractivity contribution is 5.82. The van der Waals surface area contributed by atoms with Crippen LogP contribution in [0, 0.1) is 0 Å². The Bertz CT molecular complexity index is 402. The van der Waals surface area contributed by atoms with Crippen molar-refractivity contribution in [3.05, 3.63) is 36.7 Å². The molecule has 94 valence electrons. The molecule has 2 rings (SSSR count). The molecule has 0 aliphatic carbocycles. The summed E-state index contributed by atoms with van der Waals surface area (Å²) in [6, 6.07) is 8.42. The van der Waals surface area contributed by atoms with Gasteiger partial charge in [-0.3, -0.25) is 0 Å². The van der Waals surface area contributed by atoms with E-state index in [9.17, 15) is 0 Å². The number of rotatable bonds is 0. The molecule has 0 radical (unpaired) electrons. The van der Waals surface area contributed by atoms with Crippen LogP contribution in [0.15, 0.2) is 36.7 Å². The molecule has 1 aliphatic heterocycles. The van der Waals surface area contributed by atoms with Crippen LogP contribution >= 0.6 is 0 Å². The normalized spacial score (nSPS) is 14.4. The molecule has 0 N–H and O–H groups in total. The summed E-state index contributed by atoms with van der Waals surface area (Å²) in [6.07, 6.45) is 0. The van der Waals surface area contributed by atoms with Crippen LogP contribution in [0.3, 0.4) is 0 Å². The molecule has 0 spiro atoms. The molecule has 1 aromatic carbocycles. The van der Waals surface area contributed by atoms with E-state index in [1.54, 1.807) is 0 Å². The third kappa shape index (κ3) is 2.31. The van der Waals surface area contributed by atoms with E-state index in [1.165, 1.54) is 11.4 Å². The Morgan fingerprint density at radius 3 is 1.94 bits per heavy atom. The average molecular weight is 232 g/mol. The Morgan fingerprint density at radius 2 is 1.47 bits per heavy atom. The predicted molar refractivity (Wildman–Crippen MR) is 77.6 cm³/mol. The second-order valence-corrected chi connectivity index (χ2v) is 4.97. The first-order valence-electron chi connectivity index (χ1n) is 6.25. The molecule has 1 heterocycles. The molecule has 0 amide bonds. The molecular formula is C15H24N2. The summed E-state index contributed by atoms with van der Waals surface area (Å²) in [6.45, 7) is 14.8. The quantitative estimate of drug-likeness (QED) is 0.660. The van der Waals surface area contributed by atoms with Gasteiger partial charge in [-0.25, -0.2) is 0 Å². The number of fused-ring (bicyclic) bond motifs is 1. The standard InChI is InChI=1S/C13H18N2.C2H6/c1-10-14(5)11-8-6-7-9-12(11)15(10)13(2,3)4;1-2/h6-9H,1H2,2-5H3;1-2H3. The van der Waals surface area contributed by atoms with Crippen molar-refractivity contribution in [2.24, 2.45) is 0 Å². The topological polar surface area (TPSA) is 6.48 Å². The highest BCUT2D eigenvalue weighted by Gasteiger charge is 2.34. The van der Waals surface area contributed by atoms with Gasteiger partial charge in [-0.05, 0) is 32.9 Å². The summed E-state index contributed by atoms with van der Waals surface area (Å²) in [5.74, 6) is 1.05. The highest BCUT2D eigenvalue weighted by Crippen LogP contribution is 2.43. The van der Waals surface area contributed by atoms with Crippen molar-refractivity contribution < 1.29 is 0 Å². The number of anilines is 2. The Hall–Kier alpha value is -1.44. The molecule has 2 heteroatoms. The van der Waals surface area contributed by atoms with Crippen molar-refractivity contribution in [2.75, 3.05) is 16.8 Å². The van der Waals surface area contributed by atoms with E-state index in [1.807, 2.05) is 13.8 Å². The number of nitrogens with zero attached hydrogens (tertiary/aromatic N) is 2. The first-order chi connectivity index (χ1) is 7.93. The lowest BCUT2D eigenvalue weighted by molar-refractivity contribution is 0.545. The minimum absolute atomic E-state index is 0.0674. The van der Waals surface area contributed by atoms with Gasteiger partial charge < -0.3 is 9.80 Å². The second-order valence-electron chi connectivity index (χ2n) is 4.97. The molecule has 0 bridgehead atoms. The molecule has 0 aromatic heterocycles. The van der Waals surface area contributed by atoms with E-state index in [-0.39, 0.29) is 5.54 Å². The fourth-order valence-corrected chi connectivity index (χ4v) is 2.11.